The van der Waals surface area contributed by atoms with Gasteiger partial charge in [0.2, 0.25) is 5.91 Å². The number of amidine groups is 1. The molecule has 7 heteroatoms. The van der Waals surface area contributed by atoms with E-state index in [1.165, 1.54) is 11.8 Å². The Hall–Kier alpha value is -2.02. The lowest BCUT2D eigenvalue weighted by atomic mass is 10.2. The molecule has 2 amide bonds. The van der Waals surface area contributed by atoms with Gasteiger partial charge in [-0.25, -0.2) is 0 Å². The van der Waals surface area contributed by atoms with E-state index in [0.717, 1.165) is 5.75 Å². The van der Waals surface area contributed by atoms with Gasteiger partial charge in [-0.1, -0.05) is 23.9 Å². The average Bonchev–Trinajstić information content (AvgIpc) is 2.98. The van der Waals surface area contributed by atoms with E-state index >= 15 is 0 Å². The van der Waals surface area contributed by atoms with Crippen molar-refractivity contribution in [2.75, 3.05) is 25.4 Å². The Morgan fingerprint density at radius 2 is 2.19 bits per heavy atom. The first kappa shape index (κ1) is 15.4. The molecule has 112 valence electrons. The van der Waals surface area contributed by atoms with Crippen LogP contribution in [0.2, 0.25) is 0 Å². The van der Waals surface area contributed by atoms with Gasteiger partial charge in [0, 0.05) is 5.75 Å². The average molecular weight is 307 g/mol. The molecule has 21 heavy (non-hydrogen) atoms. The molecule has 0 fully saturated rings. The van der Waals surface area contributed by atoms with Crippen LogP contribution < -0.4 is 15.4 Å². The van der Waals surface area contributed by atoms with E-state index in [1.807, 2.05) is 6.92 Å². The highest BCUT2D eigenvalue weighted by molar-refractivity contribution is 8.14. The van der Waals surface area contributed by atoms with Gasteiger partial charge in [0.1, 0.15) is 5.75 Å². The number of para-hydroxylation sites is 1. The minimum Gasteiger partial charge on any atom is -0.493 e. The molecule has 1 aliphatic heterocycles. The lowest BCUT2D eigenvalue weighted by molar-refractivity contribution is -0.118. The first-order chi connectivity index (χ1) is 10.2. The quantitative estimate of drug-likeness (QED) is 0.851. The van der Waals surface area contributed by atoms with E-state index < -0.39 is 0 Å². The lowest BCUT2D eigenvalue weighted by Gasteiger charge is -2.10. The topological polar surface area (TPSA) is 79.8 Å². The number of nitrogens with one attached hydrogen (secondary N) is 2. The molecule has 1 aliphatic rings. The molecule has 0 unspecified atom stereocenters. The van der Waals surface area contributed by atoms with E-state index in [0.29, 0.717) is 29.6 Å². The predicted molar refractivity (Wildman–Crippen MR) is 82.8 cm³/mol. The van der Waals surface area contributed by atoms with Crippen molar-refractivity contribution in [3.8, 4) is 5.75 Å². The molecule has 0 aliphatic carbocycles. The van der Waals surface area contributed by atoms with Gasteiger partial charge in [0.15, 0.2) is 5.17 Å². The van der Waals surface area contributed by atoms with Crippen molar-refractivity contribution in [3.05, 3.63) is 29.8 Å². The van der Waals surface area contributed by atoms with E-state index in [2.05, 4.69) is 15.6 Å². The fraction of sp³-hybridized carbons (Fsp3) is 0.357. The van der Waals surface area contributed by atoms with Gasteiger partial charge in [0.25, 0.3) is 5.91 Å². The van der Waals surface area contributed by atoms with Crippen molar-refractivity contribution < 1.29 is 14.3 Å². The summed E-state index contributed by atoms with van der Waals surface area (Å²) in [6, 6.07) is 6.93. The highest BCUT2D eigenvalue weighted by Gasteiger charge is 2.14. The summed E-state index contributed by atoms with van der Waals surface area (Å²) in [5.41, 5.74) is 0.416. The van der Waals surface area contributed by atoms with Crippen LogP contribution in [0.5, 0.6) is 5.75 Å². The molecule has 0 aromatic heterocycles. The molecule has 0 spiro atoms. The Balaban J connectivity index is 1.88. The monoisotopic (exact) mass is 307 g/mol. The molecule has 6 nitrogen and oxygen atoms in total. The number of ether oxygens (including phenoxy) is 1. The summed E-state index contributed by atoms with van der Waals surface area (Å²) < 4.78 is 5.39. The van der Waals surface area contributed by atoms with Gasteiger partial charge in [-0.05, 0) is 19.1 Å². The Morgan fingerprint density at radius 1 is 1.38 bits per heavy atom. The summed E-state index contributed by atoms with van der Waals surface area (Å²) in [5.74, 6) is 0.762. The number of hydrogen-bond acceptors (Lipinski definition) is 5. The third kappa shape index (κ3) is 4.49. The van der Waals surface area contributed by atoms with Crippen molar-refractivity contribution in [2.24, 2.45) is 4.99 Å². The zero-order valence-electron chi connectivity index (χ0n) is 11.7. The van der Waals surface area contributed by atoms with E-state index in [-0.39, 0.29) is 18.4 Å². The molecule has 0 bridgehead atoms. The van der Waals surface area contributed by atoms with Gasteiger partial charge in [0.05, 0.1) is 25.3 Å². The summed E-state index contributed by atoms with van der Waals surface area (Å²) in [4.78, 5) is 27.9. The number of aliphatic imine (C=N–C) groups is 1. The van der Waals surface area contributed by atoms with Crippen LogP contribution in [0.15, 0.2) is 29.3 Å². The van der Waals surface area contributed by atoms with Gasteiger partial charge in [-0.2, -0.15) is 0 Å². The van der Waals surface area contributed by atoms with Crippen molar-refractivity contribution in [1.82, 2.24) is 10.6 Å². The highest BCUT2D eigenvalue weighted by Crippen LogP contribution is 2.17. The van der Waals surface area contributed by atoms with Crippen LogP contribution in [0.3, 0.4) is 0 Å². The van der Waals surface area contributed by atoms with Gasteiger partial charge >= 0.3 is 0 Å². The maximum absolute atomic E-state index is 12.1. The second-order valence-corrected chi connectivity index (χ2v) is 5.28. The number of benzene rings is 1. The summed E-state index contributed by atoms with van der Waals surface area (Å²) in [6.45, 7) is 2.94. The van der Waals surface area contributed by atoms with Crippen molar-refractivity contribution in [1.29, 1.82) is 0 Å². The Kier molecular flexibility index (Phi) is 5.62. The molecule has 1 aromatic rings. The first-order valence-electron chi connectivity index (χ1n) is 6.68. The van der Waals surface area contributed by atoms with Crippen LogP contribution >= 0.6 is 11.8 Å². The molecule has 2 N–H and O–H groups in total. The summed E-state index contributed by atoms with van der Waals surface area (Å²) in [6.07, 6.45) is 0. The number of hydrogen-bond donors (Lipinski definition) is 2. The van der Waals surface area contributed by atoms with Crippen LogP contribution in [0.1, 0.15) is 17.3 Å². The molecular formula is C14H17N3O3S. The summed E-state index contributed by atoms with van der Waals surface area (Å²) in [7, 11) is 0. The second-order valence-electron chi connectivity index (χ2n) is 4.20. The molecule has 2 rings (SSSR count). The number of carbonyl (C=O) groups is 2. The molecule has 0 saturated heterocycles. The number of rotatable bonds is 5. The SMILES string of the molecule is CCOc1ccccc1C(=O)NCC(=O)NC1=NCCS1. The standard InChI is InChI=1S/C14H17N3O3S/c1-2-20-11-6-4-3-5-10(11)13(19)16-9-12(18)17-14-15-7-8-21-14/h3-6H,2,7-9H2,1H3,(H,16,19)(H,15,17,18). The molecule has 0 radical (unpaired) electrons. The molecular weight excluding hydrogens is 290 g/mol. The maximum Gasteiger partial charge on any atom is 0.255 e. The molecule has 1 heterocycles. The van der Waals surface area contributed by atoms with Crippen LogP contribution in [0, 0.1) is 0 Å². The van der Waals surface area contributed by atoms with Gasteiger partial charge in [-0.15, -0.1) is 0 Å². The van der Waals surface area contributed by atoms with Crippen molar-refractivity contribution in [2.45, 2.75) is 6.92 Å². The summed E-state index contributed by atoms with van der Waals surface area (Å²) in [5, 5.41) is 5.84. The fourth-order valence-electron chi connectivity index (χ4n) is 1.77. The minimum atomic E-state index is -0.338. The predicted octanol–water partition coefficient (Wildman–Crippen LogP) is 1.03. The van der Waals surface area contributed by atoms with Crippen molar-refractivity contribution >= 4 is 28.7 Å². The maximum atomic E-state index is 12.1. The number of nitrogens with zero attached hydrogens (tertiary/aromatic N) is 1. The highest BCUT2D eigenvalue weighted by atomic mass is 32.2. The van der Waals surface area contributed by atoms with Crippen LogP contribution in [-0.2, 0) is 4.79 Å². The third-order valence-electron chi connectivity index (χ3n) is 2.67. The normalized spacial score (nSPS) is 13.5. The van der Waals surface area contributed by atoms with E-state index in [9.17, 15) is 9.59 Å². The molecule has 0 atom stereocenters. The number of amides is 2. The Morgan fingerprint density at radius 3 is 2.90 bits per heavy atom. The molecule has 0 saturated carbocycles. The minimum absolute atomic E-state index is 0.0983. The first-order valence-corrected chi connectivity index (χ1v) is 7.66. The Bertz CT molecular complexity index is 560. The fourth-order valence-corrected chi connectivity index (χ4v) is 2.51. The van der Waals surface area contributed by atoms with Crippen LogP contribution in [0.4, 0.5) is 0 Å². The van der Waals surface area contributed by atoms with Crippen LogP contribution in [0.25, 0.3) is 0 Å². The third-order valence-corrected chi connectivity index (χ3v) is 3.56. The molecule has 1 aromatic carbocycles. The number of thioether (sulfide) groups is 1. The van der Waals surface area contributed by atoms with Gasteiger partial charge < -0.3 is 15.4 Å². The number of carbonyl (C=O) groups excluding carboxylic acids is 2. The zero-order chi connectivity index (χ0) is 15.1. The lowest BCUT2D eigenvalue weighted by Crippen LogP contribution is -2.38. The van der Waals surface area contributed by atoms with Gasteiger partial charge in [-0.3, -0.25) is 14.6 Å². The van der Waals surface area contributed by atoms with Crippen LogP contribution in [-0.4, -0.2) is 42.4 Å². The van der Waals surface area contributed by atoms with E-state index in [1.54, 1.807) is 24.3 Å². The summed E-state index contributed by atoms with van der Waals surface area (Å²) >= 11 is 1.50. The second kappa shape index (κ2) is 7.68. The van der Waals surface area contributed by atoms with Crippen molar-refractivity contribution in [3.63, 3.8) is 0 Å². The zero-order valence-corrected chi connectivity index (χ0v) is 12.5. The Labute approximate surface area is 127 Å². The smallest absolute Gasteiger partial charge is 0.255 e. The largest absolute Gasteiger partial charge is 0.493 e. The van der Waals surface area contributed by atoms with E-state index in [4.69, 9.17) is 4.74 Å².